The standard InChI is InChI=1S/C58H99NO8/c1-6-8-10-12-14-16-18-20-22-24-26-27-28-29-31-32-34-36-38-40-42-44-46-48-55(60)65-52-54(53-66-58(57(62)63)64-51-50-59(3,4)5)67-56(61)49-47-45-43-41-39-37-35-33-30-25-23-21-19-17-15-13-11-9-7-2/h9,11,15,17,21,23-24,26,30,33,37,39,43,45,54,58H,6-8,10,12-14,16,18-20,22,25,27-29,31-32,34-36,38,40-42,44,46-53H2,1-5H3/b11-9-,17-15-,23-21-,26-24-,33-30-,39-37-,45-43-. The van der Waals surface area contributed by atoms with Crippen LogP contribution in [0.5, 0.6) is 0 Å². The maximum absolute atomic E-state index is 12.8. The minimum atomic E-state index is -1.64. The fraction of sp³-hybridized carbons (Fsp3) is 0.707. The van der Waals surface area contributed by atoms with Gasteiger partial charge in [-0.3, -0.25) is 9.59 Å². The van der Waals surface area contributed by atoms with Crippen molar-refractivity contribution in [2.45, 2.75) is 219 Å². The molecule has 67 heavy (non-hydrogen) atoms. The molecule has 0 aliphatic heterocycles. The van der Waals surface area contributed by atoms with Gasteiger partial charge in [0.1, 0.15) is 13.2 Å². The number of likely N-dealkylation sites (N-methyl/N-ethyl adjacent to an activating group) is 1. The molecular weight excluding hydrogens is 839 g/mol. The highest BCUT2D eigenvalue weighted by Gasteiger charge is 2.21. The van der Waals surface area contributed by atoms with Gasteiger partial charge < -0.3 is 33.3 Å². The van der Waals surface area contributed by atoms with E-state index in [9.17, 15) is 19.5 Å². The summed E-state index contributed by atoms with van der Waals surface area (Å²) >= 11 is 0. The van der Waals surface area contributed by atoms with Crippen molar-refractivity contribution in [1.82, 2.24) is 0 Å². The molecule has 0 fully saturated rings. The van der Waals surface area contributed by atoms with E-state index in [0.29, 0.717) is 17.4 Å². The first-order valence-corrected chi connectivity index (χ1v) is 26.7. The van der Waals surface area contributed by atoms with E-state index in [0.717, 1.165) is 57.8 Å². The van der Waals surface area contributed by atoms with E-state index in [2.05, 4.69) is 86.8 Å². The lowest BCUT2D eigenvalue weighted by Gasteiger charge is -2.26. The third-order valence-electron chi connectivity index (χ3n) is 11.1. The van der Waals surface area contributed by atoms with Crippen molar-refractivity contribution in [1.29, 1.82) is 0 Å². The van der Waals surface area contributed by atoms with E-state index in [1.54, 1.807) is 0 Å². The minimum Gasteiger partial charge on any atom is -0.545 e. The number of rotatable bonds is 48. The largest absolute Gasteiger partial charge is 0.545 e. The number of allylic oxidation sites excluding steroid dienone is 14. The molecule has 2 unspecified atom stereocenters. The number of hydrogen-bond acceptors (Lipinski definition) is 8. The number of ether oxygens (including phenoxy) is 4. The Hall–Kier alpha value is -3.53. The SMILES string of the molecule is CC/C=C\C/C=C\C/C=C\C/C=C\C/C=C\C/C=C\CCC(=O)OC(COC(=O)CCCCCCCCCCCCC/C=C\CCCCCCCCCC)COC(OCC[N+](C)(C)C)C(=O)[O-]. The van der Waals surface area contributed by atoms with Gasteiger partial charge in [0, 0.05) is 12.8 Å². The summed E-state index contributed by atoms with van der Waals surface area (Å²) in [6.45, 7) is 4.54. The quantitative estimate of drug-likeness (QED) is 0.0195. The fourth-order valence-electron chi connectivity index (χ4n) is 7.03. The van der Waals surface area contributed by atoms with E-state index in [1.165, 1.54) is 116 Å². The number of carboxylic acid groups (broad SMARTS) is 1. The number of carbonyl (C=O) groups is 3. The summed E-state index contributed by atoms with van der Waals surface area (Å²) in [7, 11) is 5.89. The van der Waals surface area contributed by atoms with E-state index in [1.807, 2.05) is 33.3 Å². The zero-order chi connectivity index (χ0) is 49.2. The molecule has 9 nitrogen and oxygen atoms in total. The van der Waals surface area contributed by atoms with Gasteiger partial charge in [0.2, 0.25) is 0 Å². The first-order chi connectivity index (χ1) is 32.6. The van der Waals surface area contributed by atoms with Crippen LogP contribution >= 0.6 is 0 Å². The zero-order valence-corrected chi connectivity index (χ0v) is 43.5. The molecule has 0 aromatic carbocycles. The molecule has 0 heterocycles. The molecule has 9 heteroatoms. The summed E-state index contributed by atoms with van der Waals surface area (Å²) in [5.41, 5.74) is 0. The zero-order valence-electron chi connectivity index (χ0n) is 43.5. The van der Waals surface area contributed by atoms with Gasteiger partial charge in [-0.05, 0) is 77.0 Å². The second-order valence-corrected chi connectivity index (χ2v) is 18.8. The molecule has 0 aliphatic rings. The monoisotopic (exact) mass is 938 g/mol. The highest BCUT2D eigenvalue weighted by molar-refractivity contribution is 5.70. The van der Waals surface area contributed by atoms with Crippen molar-refractivity contribution >= 4 is 17.9 Å². The minimum absolute atomic E-state index is 0.119. The van der Waals surface area contributed by atoms with Gasteiger partial charge in [0.25, 0.3) is 0 Å². The fourth-order valence-corrected chi connectivity index (χ4v) is 7.03. The van der Waals surface area contributed by atoms with Crippen LogP contribution in [0.1, 0.15) is 206 Å². The van der Waals surface area contributed by atoms with E-state index in [-0.39, 0.29) is 38.6 Å². The lowest BCUT2D eigenvalue weighted by atomic mass is 10.0. The van der Waals surface area contributed by atoms with Crippen LogP contribution in [0.3, 0.4) is 0 Å². The normalized spacial score (nSPS) is 13.5. The molecule has 0 N–H and O–H groups in total. The molecule has 0 bridgehead atoms. The van der Waals surface area contributed by atoms with Crippen molar-refractivity contribution in [3.63, 3.8) is 0 Å². The summed E-state index contributed by atoms with van der Waals surface area (Å²) < 4.78 is 22.5. The number of aliphatic carboxylic acids is 1. The van der Waals surface area contributed by atoms with Crippen molar-refractivity contribution < 1.29 is 42.9 Å². The summed E-state index contributed by atoms with van der Waals surface area (Å²) in [6, 6.07) is 0. The van der Waals surface area contributed by atoms with E-state index < -0.39 is 24.3 Å². The van der Waals surface area contributed by atoms with Gasteiger partial charge in [-0.2, -0.15) is 0 Å². The molecular formula is C58H99NO8. The molecule has 0 aromatic rings. The number of quaternary nitrogens is 1. The van der Waals surface area contributed by atoms with Gasteiger partial charge >= 0.3 is 11.9 Å². The first-order valence-electron chi connectivity index (χ1n) is 26.7. The summed E-state index contributed by atoms with van der Waals surface area (Å²) in [5, 5.41) is 11.7. The van der Waals surface area contributed by atoms with Crippen LogP contribution in [0.2, 0.25) is 0 Å². The number of hydrogen-bond donors (Lipinski definition) is 0. The van der Waals surface area contributed by atoms with Crippen LogP contribution in [-0.2, 0) is 33.3 Å². The summed E-state index contributed by atoms with van der Waals surface area (Å²) in [4.78, 5) is 37.1. The molecule has 0 amide bonds. The van der Waals surface area contributed by atoms with Gasteiger partial charge in [-0.25, -0.2) is 0 Å². The number of carboxylic acids is 1. The van der Waals surface area contributed by atoms with Crippen molar-refractivity contribution in [2.75, 3.05) is 47.5 Å². The maximum atomic E-state index is 12.8. The molecule has 0 radical (unpaired) electrons. The number of esters is 2. The van der Waals surface area contributed by atoms with E-state index >= 15 is 0 Å². The van der Waals surface area contributed by atoms with Gasteiger partial charge in [0.05, 0.1) is 40.3 Å². The Labute approximate surface area is 410 Å². The van der Waals surface area contributed by atoms with Gasteiger partial charge in [-0.1, -0.05) is 202 Å². The highest BCUT2D eigenvalue weighted by atomic mass is 16.7. The summed E-state index contributed by atoms with van der Waals surface area (Å²) in [5.74, 6) is -2.40. The topological polar surface area (TPSA) is 111 Å². The second-order valence-electron chi connectivity index (χ2n) is 18.8. The van der Waals surface area contributed by atoms with Crippen molar-refractivity contribution in [3.8, 4) is 0 Å². The highest BCUT2D eigenvalue weighted by Crippen LogP contribution is 2.15. The van der Waals surface area contributed by atoms with Crippen LogP contribution < -0.4 is 5.11 Å². The van der Waals surface area contributed by atoms with Crippen molar-refractivity contribution in [2.24, 2.45) is 0 Å². The molecule has 0 saturated heterocycles. The third-order valence-corrected chi connectivity index (χ3v) is 11.1. The molecule has 0 spiro atoms. The van der Waals surface area contributed by atoms with E-state index in [4.69, 9.17) is 18.9 Å². The Kier molecular flexibility index (Phi) is 46.3. The maximum Gasteiger partial charge on any atom is 0.306 e. The Morgan fingerprint density at radius 2 is 0.881 bits per heavy atom. The predicted molar refractivity (Wildman–Crippen MR) is 278 cm³/mol. The average Bonchev–Trinajstić information content (AvgIpc) is 3.29. The van der Waals surface area contributed by atoms with Crippen LogP contribution in [-0.4, -0.2) is 82.3 Å². The van der Waals surface area contributed by atoms with Crippen LogP contribution in [0.25, 0.3) is 0 Å². The smallest absolute Gasteiger partial charge is 0.306 e. The van der Waals surface area contributed by atoms with Gasteiger partial charge in [-0.15, -0.1) is 0 Å². The second kappa shape index (κ2) is 48.9. The third kappa shape index (κ3) is 50.2. The Bertz CT molecular complexity index is 1370. The predicted octanol–water partition coefficient (Wildman–Crippen LogP) is 13.9. The number of nitrogens with zero attached hydrogens (tertiary/aromatic N) is 1. The lowest BCUT2D eigenvalue weighted by Crippen LogP contribution is -2.44. The van der Waals surface area contributed by atoms with Crippen LogP contribution in [0, 0.1) is 0 Å². The average molecular weight is 938 g/mol. The first kappa shape index (κ1) is 63.5. The Morgan fingerprint density at radius 1 is 0.463 bits per heavy atom. The molecule has 2 atom stereocenters. The molecule has 0 rings (SSSR count). The van der Waals surface area contributed by atoms with Crippen LogP contribution in [0.4, 0.5) is 0 Å². The van der Waals surface area contributed by atoms with Crippen molar-refractivity contribution in [3.05, 3.63) is 85.1 Å². The molecule has 0 aromatic heterocycles. The van der Waals surface area contributed by atoms with Crippen LogP contribution in [0.15, 0.2) is 85.1 Å². The molecule has 0 saturated carbocycles. The Balaban J connectivity index is 4.40. The van der Waals surface area contributed by atoms with Gasteiger partial charge in [0.15, 0.2) is 12.4 Å². The number of carbonyl (C=O) groups excluding carboxylic acids is 3. The molecule has 384 valence electrons. The lowest BCUT2D eigenvalue weighted by molar-refractivity contribution is -0.870. The number of unbranched alkanes of at least 4 members (excludes halogenated alkanes) is 19. The molecule has 0 aliphatic carbocycles. The summed E-state index contributed by atoms with van der Waals surface area (Å²) in [6.07, 6.45) is 60.7. The Morgan fingerprint density at radius 3 is 1.33 bits per heavy atom.